The third kappa shape index (κ3) is 2.96. The largest absolute Gasteiger partial charge is 0.120 e. The fourth-order valence-corrected chi connectivity index (χ4v) is 1.52. The normalized spacial score (nSPS) is 22.7. The zero-order valence-electron chi connectivity index (χ0n) is 7.77. The molecule has 12 heavy (non-hydrogen) atoms. The average molecular weight is 160 g/mol. The van der Waals surface area contributed by atoms with Gasteiger partial charge in [-0.2, -0.15) is 0 Å². The second-order valence-electron chi connectivity index (χ2n) is 3.38. The highest BCUT2D eigenvalue weighted by Crippen LogP contribution is 2.18. The van der Waals surface area contributed by atoms with Gasteiger partial charge in [0.25, 0.3) is 0 Å². The van der Waals surface area contributed by atoms with Crippen LogP contribution >= 0.6 is 0 Å². The molecule has 0 spiro atoms. The van der Waals surface area contributed by atoms with Crippen LogP contribution in [0.1, 0.15) is 39.0 Å². The summed E-state index contributed by atoms with van der Waals surface area (Å²) in [7, 11) is 0. The van der Waals surface area contributed by atoms with E-state index < -0.39 is 0 Å². The van der Waals surface area contributed by atoms with Crippen molar-refractivity contribution in [1.82, 2.24) is 0 Å². The molecule has 0 nitrogen and oxygen atoms in total. The molecule has 0 atom stereocenters. The molecular formula is C12H16. The van der Waals surface area contributed by atoms with Crippen molar-refractivity contribution in [3.63, 3.8) is 0 Å². The quantitative estimate of drug-likeness (QED) is 0.407. The van der Waals surface area contributed by atoms with Crippen molar-refractivity contribution < 1.29 is 0 Å². The van der Waals surface area contributed by atoms with E-state index >= 15 is 0 Å². The van der Waals surface area contributed by atoms with Crippen LogP contribution in [-0.4, -0.2) is 0 Å². The zero-order valence-corrected chi connectivity index (χ0v) is 7.77. The van der Waals surface area contributed by atoms with Crippen molar-refractivity contribution in [1.29, 1.82) is 0 Å². The van der Waals surface area contributed by atoms with Gasteiger partial charge in [-0.25, -0.2) is 0 Å². The molecule has 0 fully saturated rings. The first-order valence-corrected chi connectivity index (χ1v) is 4.60. The van der Waals surface area contributed by atoms with Crippen LogP contribution in [0.2, 0.25) is 0 Å². The fraction of sp³-hybridized carbons (Fsp3) is 0.500. The first-order valence-electron chi connectivity index (χ1n) is 4.60. The molecule has 1 aliphatic rings. The molecule has 0 saturated carbocycles. The Labute approximate surface area is 75.4 Å². The van der Waals surface area contributed by atoms with Crippen LogP contribution in [0.25, 0.3) is 0 Å². The highest BCUT2D eigenvalue weighted by molar-refractivity contribution is 5.15. The third-order valence-electron chi connectivity index (χ3n) is 2.27. The summed E-state index contributed by atoms with van der Waals surface area (Å²) in [6, 6.07) is 0. The first-order chi connectivity index (χ1) is 5.83. The van der Waals surface area contributed by atoms with Gasteiger partial charge in [-0.1, -0.05) is 23.3 Å². The van der Waals surface area contributed by atoms with E-state index in [1.807, 2.05) is 0 Å². The summed E-state index contributed by atoms with van der Waals surface area (Å²) in [5.41, 5.74) is 2.97. The van der Waals surface area contributed by atoms with E-state index in [0.717, 1.165) is 12.8 Å². The lowest BCUT2D eigenvalue weighted by molar-refractivity contribution is 0.779. The van der Waals surface area contributed by atoms with Gasteiger partial charge in [0, 0.05) is 6.42 Å². The molecule has 0 aromatic rings. The van der Waals surface area contributed by atoms with Gasteiger partial charge in [0.2, 0.25) is 0 Å². The Bertz CT molecular complexity index is 235. The molecule has 0 aromatic carbocycles. The highest BCUT2D eigenvalue weighted by atomic mass is 14.0. The summed E-state index contributed by atoms with van der Waals surface area (Å²) in [4.78, 5) is 0. The van der Waals surface area contributed by atoms with Gasteiger partial charge in [-0.15, -0.1) is 12.3 Å². The van der Waals surface area contributed by atoms with Gasteiger partial charge in [0.15, 0.2) is 0 Å². The molecule has 0 saturated heterocycles. The Kier molecular flexibility index (Phi) is 3.67. The Morgan fingerprint density at radius 3 is 3.00 bits per heavy atom. The summed E-state index contributed by atoms with van der Waals surface area (Å²) >= 11 is 0. The number of allylic oxidation sites excluding steroid dienone is 4. The topological polar surface area (TPSA) is 0 Å². The van der Waals surface area contributed by atoms with Crippen molar-refractivity contribution >= 4 is 0 Å². The van der Waals surface area contributed by atoms with Crippen LogP contribution < -0.4 is 0 Å². The monoisotopic (exact) mass is 160 g/mol. The minimum absolute atomic E-state index is 0.840. The molecule has 0 radical (unpaired) electrons. The van der Waals surface area contributed by atoms with E-state index in [2.05, 4.69) is 25.0 Å². The van der Waals surface area contributed by atoms with E-state index in [4.69, 9.17) is 6.42 Å². The number of terminal acetylenes is 1. The lowest BCUT2D eigenvalue weighted by Crippen LogP contribution is -1.88. The van der Waals surface area contributed by atoms with Crippen LogP contribution in [0.15, 0.2) is 23.3 Å². The van der Waals surface area contributed by atoms with E-state index in [9.17, 15) is 0 Å². The molecular weight excluding hydrogens is 144 g/mol. The lowest BCUT2D eigenvalue weighted by atomic mass is 9.98. The van der Waals surface area contributed by atoms with Crippen molar-refractivity contribution in [2.24, 2.45) is 0 Å². The van der Waals surface area contributed by atoms with Gasteiger partial charge >= 0.3 is 0 Å². The number of hydrogen-bond donors (Lipinski definition) is 0. The molecule has 0 heteroatoms. The third-order valence-corrected chi connectivity index (χ3v) is 2.27. The lowest BCUT2D eigenvalue weighted by Gasteiger charge is -2.08. The molecule has 0 N–H and O–H groups in total. The van der Waals surface area contributed by atoms with Gasteiger partial charge < -0.3 is 0 Å². The molecule has 0 heterocycles. The standard InChI is InChI=1S/C12H16/c1-3-6-12-9-4-7-11(2)8-5-10-12/h1,7,9H,4-6,8,10H2,2H3/b11-7?,12-9-. The average Bonchev–Trinajstić information content (AvgIpc) is 2.00. The molecule has 0 unspecified atom stereocenters. The van der Waals surface area contributed by atoms with Crippen LogP contribution in [0.5, 0.6) is 0 Å². The summed E-state index contributed by atoms with van der Waals surface area (Å²) < 4.78 is 0. The Balaban J connectivity index is 2.55. The second kappa shape index (κ2) is 4.83. The van der Waals surface area contributed by atoms with Crippen molar-refractivity contribution in [3.8, 4) is 12.3 Å². The second-order valence-corrected chi connectivity index (χ2v) is 3.38. The smallest absolute Gasteiger partial charge is 0.0296 e. The summed E-state index contributed by atoms with van der Waals surface area (Å²) in [6.45, 7) is 2.21. The molecule has 0 aliphatic heterocycles. The first kappa shape index (κ1) is 9.13. The highest BCUT2D eigenvalue weighted by Gasteiger charge is 1.99. The minimum Gasteiger partial charge on any atom is -0.120 e. The van der Waals surface area contributed by atoms with Gasteiger partial charge in [0.05, 0.1) is 0 Å². The molecule has 1 aliphatic carbocycles. The van der Waals surface area contributed by atoms with Crippen LogP contribution in [0, 0.1) is 12.3 Å². The molecule has 0 amide bonds. The Morgan fingerprint density at radius 2 is 2.25 bits per heavy atom. The number of hydrogen-bond acceptors (Lipinski definition) is 0. The van der Waals surface area contributed by atoms with Crippen LogP contribution in [0.4, 0.5) is 0 Å². The summed E-state index contributed by atoms with van der Waals surface area (Å²) in [5.74, 6) is 2.71. The van der Waals surface area contributed by atoms with E-state index in [-0.39, 0.29) is 0 Å². The molecule has 64 valence electrons. The molecule has 1 rings (SSSR count). The van der Waals surface area contributed by atoms with Gasteiger partial charge in [-0.3, -0.25) is 0 Å². The SMILES string of the molecule is C#CC/C1=C/CC=C(C)CCC1. The fourth-order valence-electron chi connectivity index (χ4n) is 1.52. The van der Waals surface area contributed by atoms with Crippen LogP contribution in [0.3, 0.4) is 0 Å². The predicted molar refractivity (Wildman–Crippen MR) is 53.8 cm³/mol. The van der Waals surface area contributed by atoms with Crippen molar-refractivity contribution in [3.05, 3.63) is 23.3 Å². The van der Waals surface area contributed by atoms with Crippen molar-refractivity contribution in [2.75, 3.05) is 0 Å². The maximum absolute atomic E-state index is 5.27. The predicted octanol–water partition coefficient (Wildman–Crippen LogP) is 3.46. The van der Waals surface area contributed by atoms with Crippen molar-refractivity contribution in [2.45, 2.75) is 39.0 Å². The molecule has 0 bridgehead atoms. The van der Waals surface area contributed by atoms with Gasteiger partial charge in [0.1, 0.15) is 0 Å². The van der Waals surface area contributed by atoms with Crippen LogP contribution in [-0.2, 0) is 0 Å². The number of rotatable bonds is 1. The Morgan fingerprint density at radius 1 is 1.42 bits per heavy atom. The maximum Gasteiger partial charge on any atom is 0.0296 e. The maximum atomic E-state index is 5.27. The molecule has 0 aromatic heterocycles. The summed E-state index contributed by atoms with van der Waals surface area (Å²) in [6.07, 6.45) is 15.5. The summed E-state index contributed by atoms with van der Waals surface area (Å²) in [5, 5.41) is 0. The minimum atomic E-state index is 0.840. The Hall–Kier alpha value is -0.960. The van der Waals surface area contributed by atoms with E-state index in [0.29, 0.717) is 0 Å². The van der Waals surface area contributed by atoms with Gasteiger partial charge in [-0.05, 0) is 32.6 Å². The zero-order chi connectivity index (χ0) is 8.81. The van der Waals surface area contributed by atoms with E-state index in [1.54, 1.807) is 0 Å². The van der Waals surface area contributed by atoms with E-state index in [1.165, 1.54) is 30.4 Å².